The van der Waals surface area contributed by atoms with Gasteiger partial charge in [-0.05, 0) is 42.3 Å². The van der Waals surface area contributed by atoms with E-state index in [1.54, 1.807) is 6.07 Å². The van der Waals surface area contributed by atoms with Crippen molar-refractivity contribution in [2.45, 2.75) is 32.3 Å². The Morgan fingerprint density at radius 3 is 2.46 bits per heavy atom. The Kier molecular flexibility index (Phi) is 6.82. The van der Waals surface area contributed by atoms with Crippen LogP contribution >= 0.6 is 22.5 Å². The predicted molar refractivity (Wildman–Crippen MR) is 104 cm³/mol. The Balaban J connectivity index is 0.00000100. The average Bonchev–Trinajstić information content (AvgIpc) is 2.61. The van der Waals surface area contributed by atoms with Gasteiger partial charge in [0.15, 0.2) is 0 Å². The summed E-state index contributed by atoms with van der Waals surface area (Å²) in [5.74, 6) is 0.675. The second-order valence-corrected chi connectivity index (χ2v) is 6.13. The molecule has 3 rings (SSSR count). The van der Waals surface area contributed by atoms with Crippen LogP contribution in [0.4, 0.5) is 0 Å². The van der Waals surface area contributed by atoms with Crippen LogP contribution in [0.15, 0.2) is 62.6 Å². The lowest BCUT2D eigenvalue weighted by molar-refractivity contribution is 0.306. The van der Waals surface area contributed by atoms with Crippen LogP contribution in [0.2, 0.25) is 0 Å². The standard InChI is InChI=1S/C17H14O3S2.C2H6/c1-11-8-17(18)20-16-9-13(4-7-15(11)16)19-10-12-2-5-14(22-21)6-3-12;1-2/h2-9,21H,10H2,1H3;1-2H3. The summed E-state index contributed by atoms with van der Waals surface area (Å²) in [5.41, 5.74) is 2.17. The molecule has 3 aromatic rings. The van der Waals surface area contributed by atoms with Crippen molar-refractivity contribution in [1.82, 2.24) is 0 Å². The molecular formula is C19H20O3S2. The van der Waals surface area contributed by atoms with Crippen LogP contribution in [0, 0.1) is 6.92 Å². The van der Waals surface area contributed by atoms with Gasteiger partial charge in [0.25, 0.3) is 0 Å². The van der Waals surface area contributed by atoms with Crippen molar-refractivity contribution < 1.29 is 9.15 Å². The van der Waals surface area contributed by atoms with Gasteiger partial charge in [-0.15, -0.1) is 11.7 Å². The third-order valence-electron chi connectivity index (χ3n) is 3.36. The Morgan fingerprint density at radius 2 is 1.79 bits per heavy atom. The highest BCUT2D eigenvalue weighted by atomic mass is 33.1. The number of hydrogen-bond donors (Lipinski definition) is 1. The minimum Gasteiger partial charge on any atom is -0.489 e. The van der Waals surface area contributed by atoms with E-state index in [1.807, 2.05) is 57.2 Å². The lowest BCUT2D eigenvalue weighted by Gasteiger charge is -2.08. The summed E-state index contributed by atoms with van der Waals surface area (Å²) in [6, 6.07) is 15.0. The molecule has 0 unspecified atom stereocenters. The van der Waals surface area contributed by atoms with Crippen molar-refractivity contribution in [2.75, 3.05) is 0 Å². The van der Waals surface area contributed by atoms with Crippen LogP contribution in [-0.2, 0) is 6.61 Å². The number of hydrogen-bond acceptors (Lipinski definition) is 5. The molecule has 0 amide bonds. The van der Waals surface area contributed by atoms with Gasteiger partial charge < -0.3 is 9.15 Å². The largest absolute Gasteiger partial charge is 0.489 e. The first kappa shape index (κ1) is 18.5. The lowest BCUT2D eigenvalue weighted by atomic mass is 10.1. The van der Waals surface area contributed by atoms with E-state index in [-0.39, 0.29) is 5.63 Å². The summed E-state index contributed by atoms with van der Waals surface area (Å²) in [6.45, 7) is 6.35. The molecule has 24 heavy (non-hydrogen) atoms. The highest BCUT2D eigenvalue weighted by Gasteiger charge is 2.04. The van der Waals surface area contributed by atoms with E-state index in [1.165, 1.54) is 16.9 Å². The van der Waals surface area contributed by atoms with Crippen LogP contribution in [0.5, 0.6) is 5.75 Å². The quantitative estimate of drug-likeness (QED) is 0.371. The molecule has 0 aliphatic heterocycles. The molecule has 2 aromatic carbocycles. The molecule has 0 N–H and O–H groups in total. The lowest BCUT2D eigenvalue weighted by Crippen LogP contribution is -1.99. The van der Waals surface area contributed by atoms with Gasteiger partial charge in [-0.3, -0.25) is 0 Å². The molecule has 0 aliphatic rings. The van der Waals surface area contributed by atoms with Crippen LogP contribution in [0.3, 0.4) is 0 Å². The maximum atomic E-state index is 11.4. The monoisotopic (exact) mass is 360 g/mol. The van der Waals surface area contributed by atoms with Gasteiger partial charge in [-0.1, -0.05) is 36.8 Å². The number of ether oxygens (including phenoxy) is 1. The fourth-order valence-corrected chi connectivity index (χ4v) is 2.83. The van der Waals surface area contributed by atoms with Crippen molar-refractivity contribution in [3.63, 3.8) is 0 Å². The Bertz CT molecular complexity index is 855. The average molecular weight is 360 g/mol. The van der Waals surface area contributed by atoms with Gasteiger partial charge in [-0.2, -0.15) is 0 Å². The third-order valence-corrected chi connectivity index (χ3v) is 4.47. The van der Waals surface area contributed by atoms with Gasteiger partial charge in [0.05, 0.1) is 0 Å². The van der Waals surface area contributed by atoms with E-state index in [2.05, 4.69) is 11.7 Å². The fourth-order valence-electron chi connectivity index (χ4n) is 2.21. The molecule has 0 saturated heterocycles. The summed E-state index contributed by atoms with van der Waals surface area (Å²) < 4.78 is 11.0. The SMILES string of the molecule is CC.Cc1cc(=O)oc2cc(OCc3ccc(SS)cc3)ccc12. The minimum absolute atomic E-state index is 0.345. The van der Waals surface area contributed by atoms with E-state index in [0.717, 1.165) is 21.4 Å². The molecule has 0 aliphatic carbocycles. The first-order chi connectivity index (χ1) is 11.7. The second-order valence-electron chi connectivity index (χ2n) is 4.93. The van der Waals surface area contributed by atoms with E-state index >= 15 is 0 Å². The van der Waals surface area contributed by atoms with Crippen LogP contribution in [0.1, 0.15) is 25.0 Å². The van der Waals surface area contributed by atoms with Gasteiger partial charge in [-0.25, -0.2) is 4.79 Å². The normalized spacial score (nSPS) is 10.2. The molecule has 1 heterocycles. The Morgan fingerprint density at radius 1 is 1.08 bits per heavy atom. The fraction of sp³-hybridized carbons (Fsp3) is 0.211. The van der Waals surface area contributed by atoms with E-state index in [9.17, 15) is 4.79 Å². The third kappa shape index (κ3) is 4.58. The van der Waals surface area contributed by atoms with Gasteiger partial charge in [0.1, 0.15) is 17.9 Å². The number of fused-ring (bicyclic) bond motifs is 1. The van der Waals surface area contributed by atoms with Gasteiger partial charge in [0, 0.05) is 22.4 Å². The smallest absolute Gasteiger partial charge is 0.336 e. The van der Waals surface area contributed by atoms with Crippen molar-refractivity contribution >= 4 is 33.4 Å². The molecule has 3 nitrogen and oxygen atoms in total. The number of thiol groups is 1. The van der Waals surface area contributed by atoms with E-state index < -0.39 is 0 Å². The maximum absolute atomic E-state index is 11.4. The second kappa shape index (κ2) is 8.85. The summed E-state index contributed by atoms with van der Waals surface area (Å²) in [6.07, 6.45) is 0. The molecular weight excluding hydrogens is 340 g/mol. The topological polar surface area (TPSA) is 39.4 Å². The zero-order valence-corrected chi connectivity index (χ0v) is 15.6. The summed E-state index contributed by atoms with van der Waals surface area (Å²) in [4.78, 5) is 12.5. The molecule has 0 atom stereocenters. The first-order valence-corrected chi connectivity index (χ1v) is 9.60. The molecule has 1 aromatic heterocycles. The van der Waals surface area contributed by atoms with Crippen LogP contribution in [0.25, 0.3) is 11.0 Å². The minimum atomic E-state index is -0.345. The Hall–Kier alpha value is -1.85. The van der Waals surface area contributed by atoms with Crippen molar-refractivity contribution in [3.05, 3.63) is 70.1 Å². The van der Waals surface area contributed by atoms with E-state index in [0.29, 0.717) is 17.9 Å². The van der Waals surface area contributed by atoms with Crippen molar-refractivity contribution in [1.29, 1.82) is 0 Å². The zero-order chi connectivity index (χ0) is 17.5. The summed E-state index contributed by atoms with van der Waals surface area (Å²) in [5, 5.41) is 0.919. The molecule has 0 saturated carbocycles. The number of rotatable bonds is 4. The maximum Gasteiger partial charge on any atom is 0.336 e. The zero-order valence-electron chi connectivity index (χ0n) is 13.9. The molecule has 0 spiro atoms. The summed E-state index contributed by atoms with van der Waals surface area (Å²) in [7, 11) is 1.41. The van der Waals surface area contributed by atoms with E-state index in [4.69, 9.17) is 9.15 Å². The molecule has 0 radical (unpaired) electrons. The predicted octanol–water partition coefficient (Wildman–Crippen LogP) is 5.64. The number of aryl methyl sites for hydroxylation is 1. The first-order valence-electron chi connectivity index (χ1n) is 7.73. The molecule has 0 bridgehead atoms. The van der Waals surface area contributed by atoms with Crippen molar-refractivity contribution in [2.24, 2.45) is 0 Å². The van der Waals surface area contributed by atoms with Gasteiger partial charge in [0.2, 0.25) is 0 Å². The van der Waals surface area contributed by atoms with Crippen LogP contribution < -0.4 is 10.4 Å². The van der Waals surface area contributed by atoms with Crippen molar-refractivity contribution in [3.8, 4) is 5.75 Å². The highest BCUT2D eigenvalue weighted by Crippen LogP contribution is 2.24. The highest BCUT2D eigenvalue weighted by molar-refractivity contribution is 8.68. The van der Waals surface area contributed by atoms with Crippen LogP contribution in [-0.4, -0.2) is 0 Å². The Labute approximate surface area is 150 Å². The number of benzene rings is 2. The molecule has 0 fully saturated rings. The molecule has 5 heteroatoms. The van der Waals surface area contributed by atoms with Gasteiger partial charge >= 0.3 is 5.63 Å². The summed E-state index contributed by atoms with van der Waals surface area (Å²) >= 11 is 4.15. The molecule has 126 valence electrons.